The molecule has 0 unspecified atom stereocenters. The van der Waals surface area contributed by atoms with Crippen molar-refractivity contribution < 1.29 is 0 Å². The Hall–Kier alpha value is -0.790. The second-order valence-corrected chi connectivity index (χ2v) is 1.94. The van der Waals surface area contributed by atoms with Crippen molar-refractivity contribution in [2.45, 2.75) is 26.7 Å². The first-order valence-electron chi connectivity index (χ1n) is 3.22. The number of amidine groups is 1. The second-order valence-electron chi connectivity index (χ2n) is 1.94. The Morgan fingerprint density at radius 2 is 2.33 bits per heavy atom. The minimum absolute atomic E-state index is 0.613. The molecule has 0 aliphatic carbocycles. The van der Waals surface area contributed by atoms with Gasteiger partial charge in [-0.1, -0.05) is 19.4 Å². The van der Waals surface area contributed by atoms with Crippen LogP contribution in [0.15, 0.2) is 17.3 Å². The molecule has 0 spiro atoms. The van der Waals surface area contributed by atoms with Crippen molar-refractivity contribution in [3.63, 3.8) is 0 Å². The molecule has 0 rings (SSSR count). The molecule has 0 saturated carbocycles. The summed E-state index contributed by atoms with van der Waals surface area (Å²) < 4.78 is 0. The lowest BCUT2D eigenvalue weighted by Gasteiger charge is -1.83. The molecule has 52 valence electrons. The third kappa shape index (κ3) is 7.21. The van der Waals surface area contributed by atoms with Crippen molar-refractivity contribution in [3.05, 3.63) is 12.3 Å². The monoisotopic (exact) mass is 126 g/mol. The largest absolute Gasteiger partial charge is 0.387 e. The molecule has 0 amide bonds. The molecule has 2 heteroatoms. The van der Waals surface area contributed by atoms with Crippen LogP contribution < -0.4 is 5.73 Å². The summed E-state index contributed by atoms with van der Waals surface area (Å²) in [6, 6.07) is 0. The van der Waals surface area contributed by atoms with Crippen LogP contribution >= 0.6 is 0 Å². The molecule has 0 heterocycles. The van der Waals surface area contributed by atoms with Crippen molar-refractivity contribution in [3.8, 4) is 0 Å². The summed E-state index contributed by atoms with van der Waals surface area (Å²) in [7, 11) is 0. The zero-order valence-corrected chi connectivity index (χ0v) is 6.09. The first-order chi connectivity index (χ1) is 4.27. The molecule has 0 aliphatic rings. The Kier molecular flexibility index (Phi) is 4.88. The number of aliphatic imine (C=N–C) groups is 1. The van der Waals surface area contributed by atoms with E-state index >= 15 is 0 Å². The van der Waals surface area contributed by atoms with Crippen LogP contribution in [0, 0.1) is 0 Å². The number of hydrogen-bond donors (Lipinski definition) is 1. The van der Waals surface area contributed by atoms with Crippen molar-refractivity contribution in [1.29, 1.82) is 0 Å². The number of hydrogen-bond acceptors (Lipinski definition) is 1. The van der Waals surface area contributed by atoms with Crippen LogP contribution in [0.2, 0.25) is 0 Å². The number of allylic oxidation sites excluding steroid dienone is 1. The standard InChI is InChI=1S/C7H14N2/c1-3-4-5-6-9-7(2)8/h5-6H,3-4H2,1-2H3,(H2,8,9)/b6-5+. The number of nitrogens with two attached hydrogens (primary N) is 1. The van der Waals surface area contributed by atoms with E-state index in [1.54, 1.807) is 13.1 Å². The van der Waals surface area contributed by atoms with Crippen LogP contribution in [-0.4, -0.2) is 5.84 Å². The zero-order chi connectivity index (χ0) is 7.11. The fourth-order valence-electron chi connectivity index (χ4n) is 0.411. The normalized spacial score (nSPS) is 12.9. The Morgan fingerprint density at radius 1 is 1.67 bits per heavy atom. The van der Waals surface area contributed by atoms with Gasteiger partial charge in [0.1, 0.15) is 0 Å². The number of unbranched alkanes of at least 4 members (excludes halogenated alkanes) is 1. The van der Waals surface area contributed by atoms with Gasteiger partial charge in [0.15, 0.2) is 0 Å². The molecule has 2 N–H and O–H groups in total. The Balaban J connectivity index is 3.35. The summed E-state index contributed by atoms with van der Waals surface area (Å²) in [5.74, 6) is 0.613. The van der Waals surface area contributed by atoms with Gasteiger partial charge in [0.2, 0.25) is 0 Å². The molecule has 0 aromatic rings. The highest BCUT2D eigenvalue weighted by Crippen LogP contribution is 1.87. The van der Waals surface area contributed by atoms with Crippen LogP contribution in [0.3, 0.4) is 0 Å². The summed E-state index contributed by atoms with van der Waals surface area (Å²) in [4.78, 5) is 3.88. The maximum atomic E-state index is 5.27. The molecule has 9 heavy (non-hydrogen) atoms. The van der Waals surface area contributed by atoms with Gasteiger partial charge < -0.3 is 5.73 Å². The molecule has 0 bridgehead atoms. The maximum absolute atomic E-state index is 5.27. The first-order valence-corrected chi connectivity index (χ1v) is 3.22. The van der Waals surface area contributed by atoms with Gasteiger partial charge >= 0.3 is 0 Å². The number of rotatable bonds is 3. The molecule has 0 saturated heterocycles. The van der Waals surface area contributed by atoms with E-state index in [9.17, 15) is 0 Å². The van der Waals surface area contributed by atoms with E-state index in [0.29, 0.717) is 5.84 Å². The fraction of sp³-hybridized carbons (Fsp3) is 0.571. The van der Waals surface area contributed by atoms with Crippen LogP contribution in [0.5, 0.6) is 0 Å². The highest BCUT2D eigenvalue weighted by Gasteiger charge is 1.72. The Bertz CT molecular complexity index is 110. The highest BCUT2D eigenvalue weighted by molar-refractivity contribution is 5.77. The van der Waals surface area contributed by atoms with Gasteiger partial charge in [-0.05, 0) is 13.3 Å². The summed E-state index contributed by atoms with van der Waals surface area (Å²) in [6.07, 6.45) is 6.00. The molecule has 0 fully saturated rings. The molecular weight excluding hydrogens is 112 g/mol. The van der Waals surface area contributed by atoms with Gasteiger partial charge in [0.05, 0.1) is 5.84 Å². The van der Waals surface area contributed by atoms with Crippen LogP contribution in [0.1, 0.15) is 26.7 Å². The summed E-state index contributed by atoms with van der Waals surface area (Å²) in [5, 5.41) is 0. The summed E-state index contributed by atoms with van der Waals surface area (Å²) in [6.45, 7) is 3.90. The lowest BCUT2D eigenvalue weighted by atomic mass is 10.3. The van der Waals surface area contributed by atoms with Gasteiger partial charge in [0.25, 0.3) is 0 Å². The minimum Gasteiger partial charge on any atom is -0.387 e. The van der Waals surface area contributed by atoms with Crippen molar-refractivity contribution >= 4 is 5.84 Å². The lowest BCUT2D eigenvalue weighted by molar-refractivity contribution is 0.956. The van der Waals surface area contributed by atoms with Gasteiger partial charge in [-0.3, -0.25) is 0 Å². The van der Waals surface area contributed by atoms with E-state index in [0.717, 1.165) is 12.8 Å². The molecule has 0 atom stereocenters. The predicted molar refractivity (Wildman–Crippen MR) is 41.3 cm³/mol. The third-order valence-electron chi connectivity index (χ3n) is 0.839. The smallest absolute Gasteiger partial charge is 0.0957 e. The van der Waals surface area contributed by atoms with Gasteiger partial charge in [0, 0.05) is 6.20 Å². The zero-order valence-electron chi connectivity index (χ0n) is 6.09. The van der Waals surface area contributed by atoms with Crippen LogP contribution in [0.4, 0.5) is 0 Å². The molecule has 2 nitrogen and oxygen atoms in total. The second kappa shape index (κ2) is 5.35. The van der Waals surface area contributed by atoms with Crippen molar-refractivity contribution in [1.82, 2.24) is 0 Å². The van der Waals surface area contributed by atoms with Crippen molar-refractivity contribution in [2.24, 2.45) is 10.7 Å². The van der Waals surface area contributed by atoms with Gasteiger partial charge in [-0.15, -0.1) is 0 Å². The third-order valence-corrected chi connectivity index (χ3v) is 0.839. The quantitative estimate of drug-likeness (QED) is 0.453. The maximum Gasteiger partial charge on any atom is 0.0957 e. The average Bonchev–Trinajstić information content (AvgIpc) is 1.80. The first kappa shape index (κ1) is 8.21. The Labute approximate surface area is 56.5 Å². The summed E-state index contributed by atoms with van der Waals surface area (Å²) >= 11 is 0. The van der Waals surface area contributed by atoms with Crippen LogP contribution in [-0.2, 0) is 0 Å². The van der Waals surface area contributed by atoms with Gasteiger partial charge in [-0.25, -0.2) is 4.99 Å². The average molecular weight is 126 g/mol. The van der Waals surface area contributed by atoms with E-state index < -0.39 is 0 Å². The van der Waals surface area contributed by atoms with E-state index in [4.69, 9.17) is 5.73 Å². The van der Waals surface area contributed by atoms with Gasteiger partial charge in [-0.2, -0.15) is 0 Å². The summed E-state index contributed by atoms with van der Waals surface area (Å²) in [5.41, 5.74) is 5.27. The minimum atomic E-state index is 0.613. The molecule has 0 aromatic carbocycles. The lowest BCUT2D eigenvalue weighted by Crippen LogP contribution is -2.03. The van der Waals surface area contributed by atoms with Crippen molar-refractivity contribution in [2.75, 3.05) is 0 Å². The van der Waals surface area contributed by atoms with E-state index in [-0.39, 0.29) is 0 Å². The van der Waals surface area contributed by atoms with E-state index in [2.05, 4.69) is 11.9 Å². The fourth-order valence-corrected chi connectivity index (χ4v) is 0.411. The SMILES string of the molecule is CCC/C=C/N=C(C)N. The molecule has 0 radical (unpaired) electrons. The molecule has 0 aromatic heterocycles. The van der Waals surface area contributed by atoms with E-state index in [1.165, 1.54) is 0 Å². The van der Waals surface area contributed by atoms with Crippen LogP contribution in [0.25, 0.3) is 0 Å². The topological polar surface area (TPSA) is 38.4 Å². The number of nitrogens with zero attached hydrogens (tertiary/aromatic N) is 1. The highest BCUT2D eigenvalue weighted by atomic mass is 14.8. The molecule has 0 aliphatic heterocycles. The molecular formula is C7H14N2. The predicted octanol–water partition coefficient (Wildman–Crippen LogP) is 1.68. The Morgan fingerprint density at radius 3 is 2.78 bits per heavy atom. The van der Waals surface area contributed by atoms with E-state index in [1.807, 2.05) is 6.08 Å².